The number of likely N-dealkylation sites (tertiary alicyclic amines) is 1. The Kier molecular flexibility index (Phi) is 6.68. The van der Waals surface area contributed by atoms with Crippen molar-refractivity contribution in [3.05, 3.63) is 65.4 Å². The number of aliphatic hydroxyl groups excluding tert-OH is 1. The van der Waals surface area contributed by atoms with Gasteiger partial charge in [0.15, 0.2) is 0 Å². The average molecular weight is 499 g/mol. The highest BCUT2D eigenvalue weighted by Gasteiger charge is 2.34. The highest BCUT2D eigenvalue weighted by Crippen LogP contribution is 2.43. The normalized spacial score (nSPS) is 19.6. The molecule has 2 heterocycles. The first kappa shape index (κ1) is 25.0. The van der Waals surface area contributed by atoms with E-state index in [1.807, 2.05) is 6.07 Å². The number of aliphatic hydroxyl groups is 1. The van der Waals surface area contributed by atoms with Crippen LogP contribution in [-0.4, -0.2) is 44.7 Å². The molecule has 8 heteroatoms. The van der Waals surface area contributed by atoms with Crippen molar-refractivity contribution in [3.63, 3.8) is 0 Å². The van der Waals surface area contributed by atoms with Gasteiger partial charge in [0.1, 0.15) is 5.69 Å². The zero-order valence-electron chi connectivity index (χ0n) is 20.8. The highest BCUT2D eigenvalue weighted by atomic mass is 19.4. The van der Waals surface area contributed by atoms with Gasteiger partial charge in [-0.2, -0.15) is 13.2 Å². The highest BCUT2D eigenvalue weighted by molar-refractivity contribution is 5.59. The molecule has 5 rings (SSSR count). The lowest BCUT2D eigenvalue weighted by Gasteiger charge is -2.41. The third-order valence-electron chi connectivity index (χ3n) is 7.82. The number of aromatic nitrogens is 3. The molecule has 1 atom stereocenters. The largest absolute Gasteiger partial charge is 0.416 e. The van der Waals surface area contributed by atoms with Crippen molar-refractivity contribution in [2.24, 2.45) is 11.3 Å². The molecule has 1 saturated heterocycles. The number of hydrogen-bond acceptors (Lipinski definition) is 4. The lowest BCUT2D eigenvalue weighted by Crippen LogP contribution is -2.42. The van der Waals surface area contributed by atoms with E-state index in [-0.39, 0.29) is 12.0 Å². The minimum absolute atomic E-state index is 0.0697. The van der Waals surface area contributed by atoms with Gasteiger partial charge in [0.05, 0.1) is 17.4 Å². The molecular weight excluding hydrogens is 465 g/mol. The fourth-order valence-electron chi connectivity index (χ4n) is 5.20. The van der Waals surface area contributed by atoms with Crippen LogP contribution in [0.25, 0.3) is 16.9 Å². The quantitative estimate of drug-likeness (QED) is 0.430. The topological polar surface area (TPSA) is 54.2 Å². The standard InChI is InChI=1S/C28H33F3N4O/c1-27(2,18-36)23-4-3-13-34(16-23)15-21-9-12-24(14-25(21)19-5-6-19)35-17-26(32-33-35)20-7-10-22(11-8-20)28(29,30)31/h7-12,14,17,19,23,36H,3-6,13,15-16,18H2,1-2H3/t23-/m0/s1. The summed E-state index contributed by atoms with van der Waals surface area (Å²) >= 11 is 0. The summed E-state index contributed by atoms with van der Waals surface area (Å²) in [6.45, 7) is 7.49. The molecule has 0 spiro atoms. The van der Waals surface area contributed by atoms with Gasteiger partial charge in [-0.25, -0.2) is 4.68 Å². The second-order valence-electron chi connectivity index (χ2n) is 11.0. The van der Waals surface area contributed by atoms with Gasteiger partial charge in [-0.15, -0.1) is 5.10 Å². The van der Waals surface area contributed by atoms with Crippen molar-refractivity contribution in [2.45, 2.75) is 58.2 Å². The van der Waals surface area contributed by atoms with Crippen LogP contribution in [0.15, 0.2) is 48.7 Å². The average Bonchev–Trinajstić information content (AvgIpc) is 3.59. The van der Waals surface area contributed by atoms with E-state index < -0.39 is 11.7 Å². The Balaban J connectivity index is 1.34. The molecule has 3 aromatic rings. The summed E-state index contributed by atoms with van der Waals surface area (Å²) < 4.78 is 40.3. The predicted molar refractivity (Wildman–Crippen MR) is 133 cm³/mol. The number of rotatable bonds is 7. The summed E-state index contributed by atoms with van der Waals surface area (Å²) in [7, 11) is 0. The summed E-state index contributed by atoms with van der Waals surface area (Å²) in [5, 5.41) is 18.3. The monoisotopic (exact) mass is 498 g/mol. The minimum Gasteiger partial charge on any atom is -0.396 e. The van der Waals surface area contributed by atoms with Crippen LogP contribution in [0, 0.1) is 11.3 Å². The molecule has 2 fully saturated rings. The number of piperidine rings is 1. The van der Waals surface area contributed by atoms with E-state index in [0.29, 0.717) is 23.1 Å². The van der Waals surface area contributed by atoms with E-state index in [4.69, 9.17) is 0 Å². The maximum absolute atomic E-state index is 12.9. The van der Waals surface area contributed by atoms with Crippen molar-refractivity contribution in [2.75, 3.05) is 19.7 Å². The number of benzene rings is 2. The molecule has 0 amide bonds. The molecule has 36 heavy (non-hydrogen) atoms. The SMILES string of the molecule is CC(C)(CO)[C@H]1CCCN(Cc2ccc(-n3cc(-c4ccc(C(F)(F)F)cc4)nn3)cc2C2CC2)C1. The van der Waals surface area contributed by atoms with Crippen LogP contribution in [0.5, 0.6) is 0 Å². The van der Waals surface area contributed by atoms with Gasteiger partial charge in [0, 0.05) is 25.3 Å². The number of nitrogens with zero attached hydrogens (tertiary/aromatic N) is 4. The molecule has 1 aromatic heterocycles. The fourth-order valence-corrected chi connectivity index (χ4v) is 5.20. The maximum Gasteiger partial charge on any atom is 0.416 e. The van der Waals surface area contributed by atoms with Gasteiger partial charge in [-0.05, 0) is 84.9 Å². The number of hydrogen-bond donors (Lipinski definition) is 1. The van der Waals surface area contributed by atoms with Gasteiger partial charge in [-0.3, -0.25) is 4.90 Å². The van der Waals surface area contributed by atoms with Crippen molar-refractivity contribution >= 4 is 0 Å². The first-order valence-electron chi connectivity index (χ1n) is 12.7. The van der Waals surface area contributed by atoms with Crippen LogP contribution in [0.1, 0.15) is 62.1 Å². The van der Waals surface area contributed by atoms with E-state index >= 15 is 0 Å². The summed E-state index contributed by atoms with van der Waals surface area (Å²) in [5.41, 5.74) is 3.98. The smallest absolute Gasteiger partial charge is 0.396 e. The molecule has 0 unspecified atom stereocenters. The molecule has 0 radical (unpaired) electrons. The molecule has 1 aliphatic carbocycles. The number of alkyl halides is 3. The van der Waals surface area contributed by atoms with E-state index in [1.54, 1.807) is 10.9 Å². The summed E-state index contributed by atoms with van der Waals surface area (Å²) in [6, 6.07) is 11.4. The lowest BCUT2D eigenvalue weighted by molar-refractivity contribution is -0.137. The van der Waals surface area contributed by atoms with Crippen LogP contribution in [-0.2, 0) is 12.7 Å². The summed E-state index contributed by atoms with van der Waals surface area (Å²) in [4.78, 5) is 2.52. The first-order valence-corrected chi connectivity index (χ1v) is 12.7. The Hall–Kier alpha value is -2.71. The third kappa shape index (κ3) is 5.34. The molecule has 1 aliphatic heterocycles. The van der Waals surface area contributed by atoms with Crippen LogP contribution >= 0.6 is 0 Å². The Labute approximate surface area is 209 Å². The van der Waals surface area contributed by atoms with Gasteiger partial charge in [0.25, 0.3) is 0 Å². The molecular formula is C28H33F3N4O. The molecule has 2 aliphatic rings. The number of halogens is 3. The fraction of sp³-hybridized carbons (Fsp3) is 0.500. The van der Waals surface area contributed by atoms with Crippen LogP contribution in [0.2, 0.25) is 0 Å². The zero-order chi connectivity index (χ0) is 25.5. The van der Waals surface area contributed by atoms with E-state index in [1.165, 1.54) is 36.1 Å². The van der Waals surface area contributed by atoms with Crippen LogP contribution in [0.4, 0.5) is 13.2 Å². The first-order chi connectivity index (χ1) is 17.1. The molecule has 1 N–H and O–H groups in total. The van der Waals surface area contributed by atoms with Crippen molar-refractivity contribution in [1.82, 2.24) is 19.9 Å². The minimum atomic E-state index is -4.36. The summed E-state index contributed by atoms with van der Waals surface area (Å²) in [6.07, 6.45) is 2.08. The molecule has 2 aromatic carbocycles. The molecule has 192 valence electrons. The van der Waals surface area contributed by atoms with Crippen molar-refractivity contribution < 1.29 is 18.3 Å². The van der Waals surface area contributed by atoms with E-state index in [2.05, 4.69) is 41.2 Å². The second kappa shape index (κ2) is 9.63. The maximum atomic E-state index is 12.9. The second-order valence-corrected chi connectivity index (χ2v) is 11.0. The van der Waals surface area contributed by atoms with Crippen LogP contribution < -0.4 is 0 Å². The van der Waals surface area contributed by atoms with Gasteiger partial charge in [0.2, 0.25) is 0 Å². The Morgan fingerprint density at radius 3 is 2.44 bits per heavy atom. The lowest BCUT2D eigenvalue weighted by atomic mass is 9.75. The summed E-state index contributed by atoms with van der Waals surface area (Å²) in [5.74, 6) is 1.05. The Bertz CT molecular complexity index is 1200. The Morgan fingerprint density at radius 1 is 1.03 bits per heavy atom. The van der Waals surface area contributed by atoms with Crippen molar-refractivity contribution in [3.8, 4) is 16.9 Å². The van der Waals surface area contributed by atoms with E-state index in [0.717, 1.165) is 50.3 Å². The van der Waals surface area contributed by atoms with Crippen LogP contribution in [0.3, 0.4) is 0 Å². The van der Waals surface area contributed by atoms with Gasteiger partial charge < -0.3 is 5.11 Å². The van der Waals surface area contributed by atoms with Gasteiger partial charge in [-0.1, -0.05) is 37.3 Å². The Morgan fingerprint density at radius 2 is 1.78 bits per heavy atom. The van der Waals surface area contributed by atoms with Crippen molar-refractivity contribution in [1.29, 1.82) is 0 Å². The van der Waals surface area contributed by atoms with Gasteiger partial charge >= 0.3 is 6.18 Å². The zero-order valence-corrected chi connectivity index (χ0v) is 20.8. The molecule has 1 saturated carbocycles. The third-order valence-corrected chi connectivity index (χ3v) is 7.82. The molecule has 5 nitrogen and oxygen atoms in total. The van der Waals surface area contributed by atoms with E-state index in [9.17, 15) is 18.3 Å². The predicted octanol–water partition coefficient (Wildman–Crippen LogP) is 6.06. The molecule has 0 bridgehead atoms.